The van der Waals surface area contributed by atoms with Gasteiger partial charge in [0.25, 0.3) is 0 Å². The van der Waals surface area contributed by atoms with Crippen LogP contribution in [0.4, 0.5) is 0 Å². The molecule has 4 heteroatoms. The summed E-state index contributed by atoms with van der Waals surface area (Å²) in [5.74, 6) is -0.311. The van der Waals surface area contributed by atoms with Crippen molar-refractivity contribution in [2.75, 3.05) is 0 Å². The monoisotopic (exact) mass is 356 g/mol. The van der Waals surface area contributed by atoms with E-state index in [0.717, 1.165) is 12.8 Å². The van der Waals surface area contributed by atoms with Gasteiger partial charge in [0.1, 0.15) is 11.9 Å². The third-order valence-corrected chi connectivity index (χ3v) is 3.90. The standard InChI is InChI=1S/C18H33ClO2.K.H/c1-2-3-4-5-6-7-8-9-10-11-12-13-14-15-16-17-18(20)21-19;;/h9-10H,2-8,11-17H2,1H3;;/b10-9-;;. The number of hydrogen-bond acceptors (Lipinski definition) is 2. The van der Waals surface area contributed by atoms with Gasteiger partial charge in [-0.15, -0.1) is 0 Å². The molecule has 0 heterocycles. The first-order valence-electron chi connectivity index (χ1n) is 8.77. The molecule has 22 heavy (non-hydrogen) atoms. The third kappa shape index (κ3) is 21.1. The first-order chi connectivity index (χ1) is 10.3. The van der Waals surface area contributed by atoms with E-state index in [4.69, 9.17) is 11.9 Å². The second-order valence-electron chi connectivity index (χ2n) is 5.78. The van der Waals surface area contributed by atoms with Crippen LogP contribution in [-0.2, 0) is 9.08 Å². The fourth-order valence-corrected chi connectivity index (χ4v) is 2.46. The minimum absolute atomic E-state index is 0. The number of carbonyl (C=O) groups is 1. The molecular formula is C18H34ClKO2. The van der Waals surface area contributed by atoms with Crippen molar-refractivity contribution in [3.05, 3.63) is 12.2 Å². The normalized spacial score (nSPS) is 10.6. The second-order valence-corrected chi connectivity index (χ2v) is 5.94. The van der Waals surface area contributed by atoms with Crippen LogP contribution < -0.4 is 0 Å². The second kappa shape index (κ2) is 22.1. The molecule has 126 valence electrons. The van der Waals surface area contributed by atoms with Crippen LogP contribution >= 0.6 is 11.9 Å². The van der Waals surface area contributed by atoms with E-state index in [9.17, 15) is 4.79 Å². The molecule has 0 radical (unpaired) electrons. The fraction of sp³-hybridized carbons (Fsp3) is 0.833. The Morgan fingerprint density at radius 1 is 0.818 bits per heavy atom. The number of carbonyl (C=O) groups excluding carboxylic acids is 1. The van der Waals surface area contributed by atoms with Crippen LogP contribution in [0.3, 0.4) is 0 Å². The molecule has 0 spiro atoms. The summed E-state index contributed by atoms with van der Waals surface area (Å²) in [6.45, 7) is 2.26. The van der Waals surface area contributed by atoms with Gasteiger partial charge in [-0.2, -0.15) is 0 Å². The Balaban J connectivity index is 0. The topological polar surface area (TPSA) is 26.3 Å². The molecule has 0 aliphatic heterocycles. The van der Waals surface area contributed by atoms with Crippen molar-refractivity contribution in [2.24, 2.45) is 0 Å². The summed E-state index contributed by atoms with van der Waals surface area (Å²) in [6, 6.07) is 0. The molecule has 0 aromatic rings. The van der Waals surface area contributed by atoms with Crippen LogP contribution in [0.1, 0.15) is 96.8 Å². The Morgan fingerprint density at radius 3 is 1.77 bits per heavy atom. The summed E-state index contributed by atoms with van der Waals surface area (Å²) in [4.78, 5) is 10.8. The van der Waals surface area contributed by atoms with Crippen molar-refractivity contribution in [1.82, 2.24) is 0 Å². The van der Waals surface area contributed by atoms with E-state index in [2.05, 4.69) is 23.4 Å². The van der Waals surface area contributed by atoms with Crippen molar-refractivity contribution in [1.29, 1.82) is 0 Å². The van der Waals surface area contributed by atoms with Gasteiger partial charge in [-0.3, -0.25) is 4.79 Å². The Hall–Kier alpha value is 1.14. The third-order valence-electron chi connectivity index (χ3n) is 3.73. The summed E-state index contributed by atoms with van der Waals surface area (Å²) >= 11 is 4.96. The summed E-state index contributed by atoms with van der Waals surface area (Å²) in [6.07, 6.45) is 21.5. The molecule has 0 saturated heterocycles. The van der Waals surface area contributed by atoms with Gasteiger partial charge in [0, 0.05) is 6.42 Å². The molecule has 0 bridgehead atoms. The molecule has 0 unspecified atom stereocenters. The molecule has 0 amide bonds. The van der Waals surface area contributed by atoms with Gasteiger partial charge in [-0.1, -0.05) is 70.4 Å². The molecule has 0 aromatic carbocycles. The molecule has 0 atom stereocenters. The van der Waals surface area contributed by atoms with Crippen molar-refractivity contribution in [3.63, 3.8) is 0 Å². The van der Waals surface area contributed by atoms with E-state index in [1.165, 1.54) is 70.6 Å². The van der Waals surface area contributed by atoms with Crippen LogP contribution in [0.15, 0.2) is 12.2 Å². The van der Waals surface area contributed by atoms with Crippen molar-refractivity contribution in [2.45, 2.75) is 96.8 Å². The van der Waals surface area contributed by atoms with Gasteiger partial charge in [0.15, 0.2) is 0 Å². The van der Waals surface area contributed by atoms with E-state index in [1.807, 2.05) is 0 Å². The average molecular weight is 357 g/mol. The summed E-state index contributed by atoms with van der Waals surface area (Å²) in [7, 11) is 0. The summed E-state index contributed by atoms with van der Waals surface area (Å²) in [5.41, 5.74) is 0. The van der Waals surface area contributed by atoms with E-state index in [0.29, 0.717) is 6.42 Å². The predicted octanol–water partition coefficient (Wildman–Crippen LogP) is 6.07. The molecule has 0 aromatic heterocycles. The van der Waals surface area contributed by atoms with Gasteiger partial charge < -0.3 is 4.29 Å². The van der Waals surface area contributed by atoms with Gasteiger partial charge in [-0.25, -0.2) is 0 Å². The summed E-state index contributed by atoms with van der Waals surface area (Å²) in [5, 5.41) is 0. The number of allylic oxidation sites excluding steroid dienone is 2. The van der Waals surface area contributed by atoms with Crippen LogP contribution in [0.25, 0.3) is 0 Å². The van der Waals surface area contributed by atoms with Crippen LogP contribution in [0.5, 0.6) is 0 Å². The zero-order valence-corrected chi connectivity index (χ0v) is 14.5. The van der Waals surface area contributed by atoms with Crippen LogP contribution in [-0.4, -0.2) is 57.4 Å². The first kappa shape index (κ1) is 25.4. The van der Waals surface area contributed by atoms with Gasteiger partial charge >= 0.3 is 57.4 Å². The SMILES string of the molecule is CCCCCCCC/C=C\CCCCCCCC(=O)OCl.[KH]. The summed E-state index contributed by atoms with van der Waals surface area (Å²) < 4.78 is 4.09. The number of hydrogen-bond donors (Lipinski definition) is 0. The number of unbranched alkanes of at least 4 members (excludes halogenated alkanes) is 11. The molecule has 0 rings (SSSR count). The Morgan fingerprint density at radius 2 is 1.27 bits per heavy atom. The zero-order valence-electron chi connectivity index (χ0n) is 13.7. The first-order valence-corrected chi connectivity index (χ1v) is 9.08. The van der Waals surface area contributed by atoms with Crippen molar-refractivity contribution in [3.8, 4) is 0 Å². The molecule has 0 saturated carbocycles. The molecular weight excluding hydrogens is 323 g/mol. The maximum atomic E-state index is 10.8. The maximum absolute atomic E-state index is 10.8. The van der Waals surface area contributed by atoms with E-state index < -0.39 is 0 Å². The van der Waals surface area contributed by atoms with Gasteiger partial charge in [0.05, 0.1) is 0 Å². The van der Waals surface area contributed by atoms with E-state index >= 15 is 0 Å². The molecule has 0 aliphatic rings. The quantitative estimate of drug-likeness (QED) is 0.202. The Kier molecular flexibility index (Phi) is 25.5. The van der Waals surface area contributed by atoms with Crippen LogP contribution in [0.2, 0.25) is 0 Å². The average Bonchev–Trinajstić information content (AvgIpc) is 2.50. The van der Waals surface area contributed by atoms with E-state index in [-0.39, 0.29) is 57.4 Å². The molecule has 0 aliphatic carbocycles. The van der Waals surface area contributed by atoms with Gasteiger partial charge in [0.2, 0.25) is 0 Å². The molecule has 0 N–H and O–H groups in total. The Bertz CT molecular complexity index is 257. The number of rotatable bonds is 15. The predicted molar refractivity (Wildman–Crippen MR) is 98.5 cm³/mol. The fourth-order valence-electron chi connectivity index (χ4n) is 2.38. The van der Waals surface area contributed by atoms with Crippen molar-refractivity contribution < 1.29 is 9.08 Å². The Labute approximate surface area is 185 Å². The number of halogens is 1. The van der Waals surface area contributed by atoms with E-state index in [1.54, 1.807) is 0 Å². The molecule has 2 nitrogen and oxygen atoms in total. The zero-order chi connectivity index (χ0) is 15.6. The molecule has 0 fully saturated rings. The van der Waals surface area contributed by atoms with Crippen molar-refractivity contribution >= 4 is 69.2 Å². The minimum atomic E-state index is -0.311. The van der Waals surface area contributed by atoms with Crippen LogP contribution in [0, 0.1) is 0 Å². The van der Waals surface area contributed by atoms with Gasteiger partial charge in [-0.05, 0) is 32.1 Å².